The number of hydrogen-bond donors (Lipinski definition) is 2. The monoisotopic (exact) mass is 438 g/mol. The third-order valence-corrected chi connectivity index (χ3v) is 6.83. The summed E-state index contributed by atoms with van der Waals surface area (Å²) in [7, 11) is 0. The Hall–Kier alpha value is -2.29. The molecule has 31 heavy (non-hydrogen) atoms. The Morgan fingerprint density at radius 1 is 1.16 bits per heavy atom. The van der Waals surface area contributed by atoms with E-state index < -0.39 is 18.4 Å². The van der Waals surface area contributed by atoms with Crippen molar-refractivity contribution < 1.29 is 22.8 Å². The van der Waals surface area contributed by atoms with Crippen molar-refractivity contribution in [1.29, 1.82) is 0 Å². The van der Waals surface area contributed by atoms with Crippen molar-refractivity contribution >= 4 is 17.5 Å². The number of amides is 2. The summed E-state index contributed by atoms with van der Waals surface area (Å²) in [5.41, 5.74) is 2.21. The normalized spacial score (nSPS) is 26.5. The zero-order valence-corrected chi connectivity index (χ0v) is 17.7. The maximum atomic E-state index is 14.1. The Morgan fingerprint density at radius 3 is 2.58 bits per heavy atom. The first-order valence-electron chi connectivity index (χ1n) is 11.0. The first-order chi connectivity index (χ1) is 14.8. The smallest absolute Gasteiger partial charge is 0.315 e. The van der Waals surface area contributed by atoms with E-state index in [9.17, 15) is 22.8 Å². The van der Waals surface area contributed by atoms with E-state index in [4.69, 9.17) is 0 Å². The summed E-state index contributed by atoms with van der Waals surface area (Å²) >= 11 is 0. The number of carbonyl (C=O) groups is 2. The highest BCUT2D eigenvalue weighted by Crippen LogP contribution is 2.32. The molecule has 1 aliphatic carbocycles. The van der Waals surface area contributed by atoms with Crippen LogP contribution in [0.1, 0.15) is 36.8 Å². The maximum Gasteiger partial charge on any atom is 0.315 e. The zero-order chi connectivity index (χ0) is 22.1. The van der Waals surface area contributed by atoms with E-state index in [-0.39, 0.29) is 23.8 Å². The number of nitrogens with zero attached hydrogens (tertiary/aromatic N) is 2. The summed E-state index contributed by atoms with van der Waals surface area (Å²) in [4.78, 5) is 27.8. The van der Waals surface area contributed by atoms with E-state index in [2.05, 4.69) is 15.5 Å². The van der Waals surface area contributed by atoms with Gasteiger partial charge in [0, 0.05) is 55.9 Å². The summed E-state index contributed by atoms with van der Waals surface area (Å²) in [6.45, 7) is 3.66. The second-order valence-electron chi connectivity index (χ2n) is 8.81. The van der Waals surface area contributed by atoms with Crippen LogP contribution in [0.5, 0.6) is 0 Å². The van der Waals surface area contributed by atoms with Gasteiger partial charge in [0.15, 0.2) is 0 Å². The van der Waals surface area contributed by atoms with E-state index in [1.165, 1.54) is 11.0 Å². The molecular formula is C22H29F3N4O2. The molecule has 2 heterocycles. The highest BCUT2D eigenvalue weighted by molar-refractivity contribution is 5.88. The van der Waals surface area contributed by atoms with Crippen molar-refractivity contribution in [1.82, 2.24) is 15.1 Å². The fraction of sp³-hybridized carbons (Fsp3) is 0.636. The molecule has 3 atom stereocenters. The molecule has 2 fully saturated rings. The number of nitrogens with one attached hydrogen (secondary N) is 2. The van der Waals surface area contributed by atoms with Gasteiger partial charge < -0.3 is 15.5 Å². The summed E-state index contributed by atoms with van der Waals surface area (Å²) in [6.07, 6.45) is 1.03. The topological polar surface area (TPSA) is 64.7 Å². The summed E-state index contributed by atoms with van der Waals surface area (Å²) in [6, 6.07) is 2.97. The molecule has 1 unspecified atom stereocenters. The third kappa shape index (κ3) is 4.66. The molecule has 0 aromatic heterocycles. The predicted octanol–water partition coefficient (Wildman–Crippen LogP) is 2.31. The summed E-state index contributed by atoms with van der Waals surface area (Å²) in [5.74, 6) is -1.50. The molecule has 1 aromatic rings. The van der Waals surface area contributed by atoms with Crippen molar-refractivity contribution in [2.45, 2.75) is 63.6 Å². The van der Waals surface area contributed by atoms with E-state index in [1.54, 1.807) is 6.07 Å². The van der Waals surface area contributed by atoms with Crippen LogP contribution < -0.4 is 10.6 Å². The molecule has 1 aromatic carbocycles. The number of hydrogen-bond acceptors (Lipinski definition) is 4. The van der Waals surface area contributed by atoms with Crippen molar-refractivity contribution in [2.75, 3.05) is 31.5 Å². The molecule has 9 heteroatoms. The van der Waals surface area contributed by atoms with Gasteiger partial charge >= 0.3 is 6.43 Å². The lowest BCUT2D eigenvalue weighted by atomic mass is 9.89. The number of alkyl halides is 2. The Bertz CT molecular complexity index is 811. The third-order valence-electron chi connectivity index (χ3n) is 6.83. The molecule has 3 aliphatic rings. The van der Waals surface area contributed by atoms with Gasteiger partial charge in [-0.15, -0.1) is 0 Å². The molecule has 1 saturated heterocycles. The molecule has 0 spiro atoms. The van der Waals surface area contributed by atoms with E-state index in [1.807, 2.05) is 6.92 Å². The Balaban J connectivity index is 1.29. The first-order valence-corrected chi connectivity index (χ1v) is 11.0. The molecule has 2 aliphatic heterocycles. The van der Waals surface area contributed by atoms with Gasteiger partial charge in [0.05, 0.1) is 0 Å². The molecule has 0 bridgehead atoms. The van der Waals surface area contributed by atoms with Gasteiger partial charge in [0.25, 0.3) is 5.91 Å². The standard InChI is InChI=1S/C22H29F3N4O2/c1-13-5-6-17(23)16-12-18(27-19(13)16)21(30)26-14-3-2-4-15(11-14)28-7-9-29(10-8-28)22(31)20(24)25/h5-6,14-15,18,20,27H,2-4,7-12H2,1H3,(H,26,30)/t14-,15+,18?/m1/s1. The molecule has 4 rings (SSSR count). The first kappa shape index (κ1) is 21.9. The van der Waals surface area contributed by atoms with Crippen molar-refractivity contribution in [3.8, 4) is 0 Å². The molecule has 170 valence electrons. The van der Waals surface area contributed by atoms with E-state index in [0.29, 0.717) is 38.2 Å². The minimum absolute atomic E-state index is 0.0310. The van der Waals surface area contributed by atoms with Gasteiger partial charge in [-0.25, -0.2) is 4.39 Å². The SMILES string of the molecule is Cc1ccc(F)c2c1NC(C(=O)N[C@@H]1CCC[C@H](N3CCN(C(=O)C(F)F)CC3)C1)C2. The quantitative estimate of drug-likeness (QED) is 0.757. The van der Waals surface area contributed by atoms with E-state index in [0.717, 1.165) is 36.9 Å². The average Bonchev–Trinajstić information content (AvgIpc) is 3.23. The number of fused-ring (bicyclic) bond motifs is 1. The largest absolute Gasteiger partial charge is 0.373 e. The molecule has 2 amide bonds. The number of carbonyl (C=O) groups excluding carboxylic acids is 2. The lowest BCUT2D eigenvalue weighted by Crippen LogP contribution is -2.55. The number of aryl methyl sites for hydroxylation is 1. The second kappa shape index (κ2) is 9.06. The minimum atomic E-state index is -2.95. The molecule has 6 nitrogen and oxygen atoms in total. The fourth-order valence-electron chi connectivity index (χ4n) is 5.10. The van der Waals surface area contributed by atoms with Crippen molar-refractivity contribution in [3.63, 3.8) is 0 Å². The van der Waals surface area contributed by atoms with E-state index >= 15 is 0 Å². The Kier molecular flexibility index (Phi) is 6.41. The Labute approximate surface area is 180 Å². The van der Waals surface area contributed by atoms with Crippen LogP contribution in [-0.4, -0.2) is 72.3 Å². The number of benzene rings is 1. The van der Waals surface area contributed by atoms with Gasteiger partial charge in [-0.1, -0.05) is 6.07 Å². The lowest BCUT2D eigenvalue weighted by Gasteiger charge is -2.42. The van der Waals surface area contributed by atoms with Crippen LogP contribution >= 0.6 is 0 Å². The van der Waals surface area contributed by atoms with Crippen LogP contribution in [0.2, 0.25) is 0 Å². The maximum absolute atomic E-state index is 14.1. The van der Waals surface area contributed by atoms with Gasteiger partial charge in [0.2, 0.25) is 5.91 Å². The van der Waals surface area contributed by atoms with Crippen LogP contribution in [0.4, 0.5) is 18.9 Å². The summed E-state index contributed by atoms with van der Waals surface area (Å²) < 4.78 is 39.4. The lowest BCUT2D eigenvalue weighted by molar-refractivity contribution is -0.145. The van der Waals surface area contributed by atoms with Gasteiger partial charge in [-0.2, -0.15) is 8.78 Å². The number of piperazine rings is 1. The predicted molar refractivity (Wildman–Crippen MR) is 111 cm³/mol. The molecule has 0 radical (unpaired) electrons. The highest BCUT2D eigenvalue weighted by Gasteiger charge is 2.35. The van der Waals surface area contributed by atoms with Crippen LogP contribution in [0.25, 0.3) is 0 Å². The number of anilines is 1. The summed E-state index contributed by atoms with van der Waals surface area (Å²) in [5, 5.41) is 6.30. The number of halogens is 3. The van der Waals surface area contributed by atoms with Crippen molar-refractivity contribution in [3.05, 3.63) is 29.1 Å². The van der Waals surface area contributed by atoms with Crippen LogP contribution in [-0.2, 0) is 16.0 Å². The highest BCUT2D eigenvalue weighted by atomic mass is 19.3. The Morgan fingerprint density at radius 2 is 1.90 bits per heavy atom. The molecule has 2 N–H and O–H groups in total. The molecular weight excluding hydrogens is 409 g/mol. The van der Waals surface area contributed by atoms with Crippen molar-refractivity contribution in [2.24, 2.45) is 0 Å². The second-order valence-corrected chi connectivity index (χ2v) is 8.81. The van der Waals surface area contributed by atoms with Crippen LogP contribution in [0.15, 0.2) is 12.1 Å². The van der Waals surface area contributed by atoms with Gasteiger partial charge in [-0.3, -0.25) is 14.5 Å². The van der Waals surface area contributed by atoms with Gasteiger partial charge in [0.1, 0.15) is 11.9 Å². The van der Waals surface area contributed by atoms with Crippen LogP contribution in [0, 0.1) is 12.7 Å². The van der Waals surface area contributed by atoms with Crippen LogP contribution in [0.3, 0.4) is 0 Å². The van der Waals surface area contributed by atoms with Gasteiger partial charge in [-0.05, 0) is 44.2 Å². The zero-order valence-electron chi connectivity index (χ0n) is 17.7. The average molecular weight is 438 g/mol. The molecule has 1 saturated carbocycles. The number of rotatable bonds is 4. The minimum Gasteiger partial charge on any atom is -0.373 e. The fourth-order valence-corrected chi connectivity index (χ4v) is 5.10.